The molecule has 0 heterocycles. The fourth-order valence-electron chi connectivity index (χ4n) is 0.715. The van der Waals surface area contributed by atoms with Crippen LogP contribution in [0, 0.1) is 0 Å². The summed E-state index contributed by atoms with van der Waals surface area (Å²) in [4.78, 5) is 23.6. The zero-order valence-electron chi connectivity index (χ0n) is 4.63. The van der Waals surface area contributed by atoms with Crippen LogP contribution in [0.5, 0.6) is 0 Å². The second kappa shape index (κ2) is 1.91. The van der Waals surface area contributed by atoms with Gasteiger partial charge in [0.25, 0.3) is 0 Å². The molecule has 0 unspecified atom stereocenters. The highest BCUT2D eigenvalue weighted by Gasteiger charge is 2.34. The van der Waals surface area contributed by atoms with E-state index in [4.69, 9.17) is 5.53 Å². The number of ketones is 2. The molecular formula is C5H4N2O2. The van der Waals surface area contributed by atoms with E-state index in [1.54, 1.807) is 0 Å². The van der Waals surface area contributed by atoms with E-state index in [1.807, 2.05) is 0 Å². The molecule has 0 spiro atoms. The molecular weight excluding hydrogens is 120 g/mol. The molecule has 1 fully saturated rings. The zero-order valence-corrected chi connectivity index (χ0v) is 4.63. The Labute approximate surface area is 51.1 Å². The fraction of sp³-hybridized carbons (Fsp3) is 0.400. The summed E-state index contributed by atoms with van der Waals surface area (Å²) < 4.78 is 0. The highest BCUT2D eigenvalue weighted by Crippen LogP contribution is 2.04. The number of carbonyl (C=O) groups is 2. The smallest absolute Gasteiger partial charge is 0.342 e. The Hall–Kier alpha value is -1.28. The first-order valence-electron chi connectivity index (χ1n) is 2.54. The van der Waals surface area contributed by atoms with Crippen molar-refractivity contribution in [3.63, 3.8) is 0 Å². The minimum absolute atomic E-state index is 0.0139. The average molecular weight is 124 g/mol. The molecule has 4 nitrogen and oxygen atoms in total. The van der Waals surface area contributed by atoms with Crippen LogP contribution in [0.25, 0.3) is 5.53 Å². The summed E-state index contributed by atoms with van der Waals surface area (Å²) in [5, 5.41) is 0. The summed E-state index contributed by atoms with van der Waals surface area (Å²) in [7, 11) is 0. The summed E-state index contributed by atoms with van der Waals surface area (Å²) in [5.74, 6) is -1.10. The molecule has 4 heteroatoms. The number of Topliss-reactive ketones (excluding diaryl/α,β-unsaturated/α-hetero) is 2. The molecule has 9 heavy (non-hydrogen) atoms. The van der Waals surface area contributed by atoms with Crippen molar-refractivity contribution in [3.8, 4) is 0 Å². The van der Waals surface area contributed by atoms with E-state index < -0.39 is 11.6 Å². The Bertz CT molecular complexity index is 225. The standard InChI is InChI=1S/C5H4N2O2/c6-7-3-1-2-4(8)5(3)9/h1-2H2. The van der Waals surface area contributed by atoms with Crippen LogP contribution in [0.2, 0.25) is 0 Å². The van der Waals surface area contributed by atoms with Gasteiger partial charge in [-0.15, -0.1) is 0 Å². The topological polar surface area (TPSA) is 70.5 Å². The van der Waals surface area contributed by atoms with E-state index in [2.05, 4.69) is 4.79 Å². The summed E-state index contributed by atoms with van der Waals surface area (Å²) in [6.07, 6.45) is 0.479. The van der Waals surface area contributed by atoms with Crippen molar-refractivity contribution < 1.29 is 14.4 Å². The van der Waals surface area contributed by atoms with Crippen LogP contribution >= 0.6 is 0 Å². The molecule has 46 valence electrons. The van der Waals surface area contributed by atoms with Crippen LogP contribution in [-0.4, -0.2) is 22.1 Å². The average Bonchev–Trinajstić information content (AvgIpc) is 2.15. The van der Waals surface area contributed by atoms with Crippen molar-refractivity contribution in [2.75, 3.05) is 0 Å². The predicted octanol–water partition coefficient (Wildman–Crippen LogP) is -0.411. The van der Waals surface area contributed by atoms with Gasteiger partial charge in [0.1, 0.15) is 0 Å². The Morgan fingerprint density at radius 1 is 1.33 bits per heavy atom. The molecule has 0 atom stereocenters. The predicted molar refractivity (Wildman–Crippen MR) is 27.9 cm³/mol. The van der Waals surface area contributed by atoms with Gasteiger partial charge in [0.2, 0.25) is 5.78 Å². The first-order chi connectivity index (χ1) is 4.25. The van der Waals surface area contributed by atoms with Gasteiger partial charge < -0.3 is 5.53 Å². The molecule has 1 saturated carbocycles. The first-order valence-corrected chi connectivity index (χ1v) is 2.54. The van der Waals surface area contributed by atoms with Gasteiger partial charge in [-0.3, -0.25) is 9.59 Å². The molecule has 0 aromatic rings. The third-order valence-electron chi connectivity index (χ3n) is 1.22. The van der Waals surface area contributed by atoms with E-state index in [9.17, 15) is 9.59 Å². The summed E-state index contributed by atoms with van der Waals surface area (Å²) in [6, 6.07) is 0. The molecule has 0 aromatic carbocycles. The van der Waals surface area contributed by atoms with Crippen LogP contribution in [0.3, 0.4) is 0 Å². The number of hydrogen-bond donors (Lipinski definition) is 0. The van der Waals surface area contributed by atoms with Crippen LogP contribution in [-0.2, 0) is 9.59 Å². The lowest BCUT2D eigenvalue weighted by atomic mass is 10.3. The minimum atomic E-state index is -0.641. The first kappa shape index (κ1) is 5.85. The Kier molecular flexibility index (Phi) is 1.24. The van der Waals surface area contributed by atoms with Crippen molar-refractivity contribution >= 4 is 17.3 Å². The molecule has 0 saturated heterocycles. The monoisotopic (exact) mass is 124 g/mol. The third kappa shape index (κ3) is 0.795. The van der Waals surface area contributed by atoms with E-state index in [0.29, 0.717) is 0 Å². The summed E-state index contributed by atoms with van der Waals surface area (Å²) >= 11 is 0. The van der Waals surface area contributed by atoms with E-state index in [0.717, 1.165) is 0 Å². The normalized spacial score (nSPS) is 18.4. The van der Waals surface area contributed by atoms with Crippen LogP contribution < -0.4 is 0 Å². The van der Waals surface area contributed by atoms with Gasteiger partial charge in [0.05, 0.1) is 6.42 Å². The van der Waals surface area contributed by atoms with Crippen LogP contribution in [0.4, 0.5) is 0 Å². The van der Waals surface area contributed by atoms with E-state index in [-0.39, 0.29) is 18.6 Å². The maximum absolute atomic E-state index is 10.5. The highest BCUT2D eigenvalue weighted by atomic mass is 16.2. The molecule has 0 aromatic heterocycles. The molecule has 0 radical (unpaired) electrons. The van der Waals surface area contributed by atoms with Crippen molar-refractivity contribution in [2.24, 2.45) is 0 Å². The highest BCUT2D eigenvalue weighted by molar-refractivity contribution is 6.67. The van der Waals surface area contributed by atoms with Crippen molar-refractivity contribution in [3.05, 3.63) is 5.53 Å². The molecule has 0 N–H and O–H groups in total. The summed E-state index contributed by atoms with van der Waals surface area (Å²) in [5.41, 5.74) is 8.06. The van der Waals surface area contributed by atoms with Gasteiger partial charge in [-0.2, -0.15) is 4.79 Å². The fourth-order valence-corrected chi connectivity index (χ4v) is 0.715. The number of carbonyl (C=O) groups excluding carboxylic acids is 2. The molecule has 0 bridgehead atoms. The molecule has 1 rings (SSSR count). The van der Waals surface area contributed by atoms with Gasteiger partial charge in [-0.25, -0.2) is 0 Å². The minimum Gasteiger partial charge on any atom is -0.361 e. The number of nitrogens with zero attached hydrogens (tertiary/aromatic N) is 2. The number of rotatable bonds is 0. The molecule has 1 aliphatic carbocycles. The Morgan fingerprint density at radius 3 is 2.22 bits per heavy atom. The van der Waals surface area contributed by atoms with Gasteiger partial charge in [0, 0.05) is 6.42 Å². The second-order valence-corrected chi connectivity index (χ2v) is 1.80. The molecule has 0 amide bonds. The van der Waals surface area contributed by atoms with Crippen molar-refractivity contribution in [2.45, 2.75) is 12.8 Å². The maximum Gasteiger partial charge on any atom is 0.342 e. The second-order valence-electron chi connectivity index (χ2n) is 1.80. The molecule has 0 aliphatic heterocycles. The maximum atomic E-state index is 10.5. The largest absolute Gasteiger partial charge is 0.361 e. The lowest BCUT2D eigenvalue weighted by Gasteiger charge is -1.70. The van der Waals surface area contributed by atoms with Crippen LogP contribution in [0.15, 0.2) is 0 Å². The lowest BCUT2D eigenvalue weighted by Crippen LogP contribution is -2.12. The Morgan fingerprint density at radius 2 is 2.00 bits per heavy atom. The third-order valence-corrected chi connectivity index (χ3v) is 1.22. The zero-order chi connectivity index (χ0) is 6.85. The van der Waals surface area contributed by atoms with Crippen molar-refractivity contribution in [1.82, 2.24) is 0 Å². The van der Waals surface area contributed by atoms with Gasteiger partial charge in [-0.1, -0.05) is 0 Å². The Balaban J connectivity index is 2.99. The van der Waals surface area contributed by atoms with Gasteiger partial charge >= 0.3 is 11.5 Å². The van der Waals surface area contributed by atoms with Gasteiger partial charge in [0.15, 0.2) is 0 Å². The van der Waals surface area contributed by atoms with Crippen LogP contribution in [0.1, 0.15) is 12.8 Å². The quantitative estimate of drug-likeness (QED) is 0.250. The van der Waals surface area contributed by atoms with Gasteiger partial charge in [-0.05, 0) is 0 Å². The van der Waals surface area contributed by atoms with Crippen molar-refractivity contribution in [1.29, 1.82) is 0 Å². The summed E-state index contributed by atoms with van der Waals surface area (Å²) in [6.45, 7) is 0. The van der Waals surface area contributed by atoms with E-state index in [1.165, 1.54) is 0 Å². The molecule has 1 aliphatic rings. The lowest BCUT2D eigenvalue weighted by molar-refractivity contribution is -0.133. The number of hydrogen-bond acceptors (Lipinski definition) is 2. The SMILES string of the molecule is [N-]=[N+]=C1CCC(=O)C1=O. The van der Waals surface area contributed by atoms with E-state index >= 15 is 0 Å².